The zero-order valence-corrected chi connectivity index (χ0v) is 15.7. The Bertz CT molecular complexity index is 710. The molecule has 140 valence electrons. The van der Waals surface area contributed by atoms with Crippen molar-refractivity contribution in [3.05, 3.63) is 48.0 Å². The van der Waals surface area contributed by atoms with E-state index in [0.29, 0.717) is 25.8 Å². The fourth-order valence-corrected chi connectivity index (χ4v) is 3.18. The lowest BCUT2D eigenvalue weighted by atomic mass is 10.1. The lowest BCUT2D eigenvalue weighted by molar-refractivity contribution is -0.138. The van der Waals surface area contributed by atoms with Crippen molar-refractivity contribution in [3.8, 4) is 0 Å². The number of carbonyl (C=O) groups excluding carboxylic acids is 1. The minimum Gasteiger partial charge on any atom is -0.379 e. The van der Waals surface area contributed by atoms with Gasteiger partial charge in [0.1, 0.15) is 6.04 Å². The summed E-state index contributed by atoms with van der Waals surface area (Å²) in [6.07, 6.45) is 7.34. The minimum absolute atomic E-state index is 0.0668. The second-order valence-corrected chi connectivity index (χ2v) is 6.95. The van der Waals surface area contributed by atoms with E-state index in [-0.39, 0.29) is 11.9 Å². The van der Waals surface area contributed by atoms with Gasteiger partial charge in [-0.25, -0.2) is 0 Å². The van der Waals surface area contributed by atoms with Gasteiger partial charge in [0.15, 0.2) is 0 Å². The number of aromatic nitrogens is 3. The van der Waals surface area contributed by atoms with Crippen molar-refractivity contribution < 1.29 is 9.53 Å². The Morgan fingerprint density at radius 3 is 2.69 bits per heavy atom. The molecule has 7 heteroatoms. The lowest BCUT2D eigenvalue weighted by Crippen LogP contribution is -2.46. The van der Waals surface area contributed by atoms with Gasteiger partial charge >= 0.3 is 0 Å². The third-order valence-electron chi connectivity index (χ3n) is 4.62. The quantitative estimate of drug-likeness (QED) is 0.790. The molecule has 2 aromatic rings. The van der Waals surface area contributed by atoms with E-state index in [4.69, 9.17) is 4.74 Å². The fourth-order valence-electron chi connectivity index (χ4n) is 3.18. The van der Waals surface area contributed by atoms with Crippen LogP contribution >= 0.6 is 0 Å². The third-order valence-corrected chi connectivity index (χ3v) is 4.62. The Morgan fingerprint density at radius 2 is 2.08 bits per heavy atom. The molecular weight excluding hydrogens is 330 g/mol. The van der Waals surface area contributed by atoms with E-state index in [1.807, 2.05) is 36.3 Å². The van der Waals surface area contributed by atoms with Gasteiger partial charge in [-0.2, -0.15) is 5.10 Å². The van der Waals surface area contributed by atoms with Crippen LogP contribution < -0.4 is 0 Å². The number of likely N-dealkylation sites (N-methyl/N-ethyl adjacent to an activating group) is 1. The smallest absolute Gasteiger partial charge is 0.244 e. The van der Waals surface area contributed by atoms with E-state index < -0.39 is 0 Å². The molecule has 0 saturated carbocycles. The first-order valence-electron chi connectivity index (χ1n) is 9.06. The SMILES string of the molecule is CC(C)n1cc(CN(C)C(=O)[C@H](c2cccnc2)N2CCOCC2)cn1. The van der Waals surface area contributed by atoms with Crippen LogP contribution in [0.3, 0.4) is 0 Å². The van der Waals surface area contributed by atoms with Crippen LogP contribution in [0.15, 0.2) is 36.9 Å². The summed E-state index contributed by atoms with van der Waals surface area (Å²) in [6.45, 7) is 7.48. The zero-order valence-electron chi connectivity index (χ0n) is 15.7. The van der Waals surface area contributed by atoms with Gasteiger partial charge in [-0.05, 0) is 25.5 Å². The molecule has 0 spiro atoms. The number of rotatable bonds is 6. The van der Waals surface area contributed by atoms with Crippen LogP contribution in [0, 0.1) is 0 Å². The normalized spacial score (nSPS) is 16.6. The first kappa shape index (κ1) is 18.5. The number of hydrogen-bond acceptors (Lipinski definition) is 5. The van der Waals surface area contributed by atoms with Crippen molar-refractivity contribution in [2.24, 2.45) is 0 Å². The Labute approximate surface area is 154 Å². The Hall–Kier alpha value is -2.25. The van der Waals surface area contributed by atoms with E-state index in [1.54, 1.807) is 17.3 Å². The second-order valence-electron chi connectivity index (χ2n) is 6.95. The van der Waals surface area contributed by atoms with E-state index in [9.17, 15) is 4.79 Å². The van der Waals surface area contributed by atoms with Crippen LogP contribution in [-0.4, -0.2) is 63.8 Å². The summed E-state index contributed by atoms with van der Waals surface area (Å²) in [5.41, 5.74) is 1.95. The number of morpholine rings is 1. The first-order chi connectivity index (χ1) is 12.6. The predicted octanol–water partition coefficient (Wildman–Crippen LogP) is 1.89. The Morgan fingerprint density at radius 1 is 1.31 bits per heavy atom. The highest BCUT2D eigenvalue weighted by Gasteiger charge is 2.31. The molecule has 0 aliphatic carbocycles. The highest BCUT2D eigenvalue weighted by Crippen LogP contribution is 2.24. The molecule has 0 N–H and O–H groups in total. The van der Waals surface area contributed by atoms with Gasteiger partial charge in [-0.3, -0.25) is 19.4 Å². The molecule has 2 aromatic heterocycles. The summed E-state index contributed by atoms with van der Waals surface area (Å²) in [4.78, 5) is 21.4. The average molecular weight is 357 g/mol. The molecule has 0 radical (unpaired) electrons. The van der Waals surface area contributed by atoms with Crippen LogP contribution in [0.25, 0.3) is 0 Å². The molecule has 0 aromatic carbocycles. The van der Waals surface area contributed by atoms with Crippen LogP contribution in [0.2, 0.25) is 0 Å². The van der Waals surface area contributed by atoms with E-state index >= 15 is 0 Å². The third kappa shape index (κ3) is 4.28. The maximum atomic E-state index is 13.3. The van der Waals surface area contributed by atoms with Gasteiger partial charge in [0.05, 0.1) is 19.4 Å². The summed E-state index contributed by atoms with van der Waals surface area (Å²) in [6, 6.07) is 3.82. The average Bonchev–Trinajstić information content (AvgIpc) is 3.12. The molecule has 1 amide bonds. The van der Waals surface area contributed by atoms with E-state index in [2.05, 4.69) is 28.8 Å². The Balaban J connectivity index is 1.77. The van der Waals surface area contributed by atoms with Crippen molar-refractivity contribution in [1.29, 1.82) is 0 Å². The number of carbonyl (C=O) groups is 1. The number of amides is 1. The van der Waals surface area contributed by atoms with Crippen molar-refractivity contribution in [1.82, 2.24) is 24.6 Å². The second kappa shape index (κ2) is 8.42. The van der Waals surface area contributed by atoms with Gasteiger partial charge in [0.2, 0.25) is 5.91 Å². The van der Waals surface area contributed by atoms with Crippen molar-refractivity contribution in [2.45, 2.75) is 32.5 Å². The molecule has 0 unspecified atom stereocenters. The van der Waals surface area contributed by atoms with Crippen LogP contribution in [0.1, 0.15) is 37.1 Å². The summed E-state index contributed by atoms with van der Waals surface area (Å²) in [5, 5.41) is 4.36. The molecule has 3 heterocycles. The van der Waals surface area contributed by atoms with E-state index in [1.165, 1.54) is 0 Å². The molecule has 1 aliphatic heterocycles. The molecule has 0 bridgehead atoms. The number of nitrogens with zero attached hydrogens (tertiary/aromatic N) is 5. The van der Waals surface area contributed by atoms with Crippen molar-refractivity contribution >= 4 is 5.91 Å². The van der Waals surface area contributed by atoms with Crippen LogP contribution in [-0.2, 0) is 16.1 Å². The lowest BCUT2D eigenvalue weighted by Gasteiger charge is -2.35. The molecule has 1 saturated heterocycles. The van der Waals surface area contributed by atoms with Crippen LogP contribution in [0.5, 0.6) is 0 Å². The number of ether oxygens (including phenoxy) is 1. The van der Waals surface area contributed by atoms with Crippen LogP contribution in [0.4, 0.5) is 0 Å². The van der Waals surface area contributed by atoms with E-state index in [0.717, 1.165) is 24.2 Å². The maximum absolute atomic E-state index is 13.3. The summed E-state index contributed by atoms with van der Waals surface area (Å²) in [7, 11) is 1.85. The summed E-state index contributed by atoms with van der Waals surface area (Å²) in [5.74, 6) is 0.0668. The summed E-state index contributed by atoms with van der Waals surface area (Å²) < 4.78 is 7.36. The summed E-state index contributed by atoms with van der Waals surface area (Å²) >= 11 is 0. The number of pyridine rings is 1. The molecule has 3 rings (SSSR count). The van der Waals surface area contributed by atoms with Gasteiger partial charge in [-0.1, -0.05) is 6.07 Å². The monoisotopic (exact) mass is 357 g/mol. The molecule has 1 fully saturated rings. The Kier molecular flexibility index (Phi) is 6.00. The predicted molar refractivity (Wildman–Crippen MR) is 98.5 cm³/mol. The standard InChI is InChI=1S/C19H27N5O2/c1-15(2)24-14-16(11-21-24)13-22(3)19(25)18(17-5-4-6-20-12-17)23-7-9-26-10-8-23/h4-6,11-12,14-15,18H,7-10,13H2,1-3H3/t18-/m0/s1. The molecular formula is C19H27N5O2. The van der Waals surface area contributed by atoms with Gasteiger partial charge in [-0.15, -0.1) is 0 Å². The van der Waals surface area contributed by atoms with Crippen molar-refractivity contribution in [3.63, 3.8) is 0 Å². The zero-order chi connectivity index (χ0) is 18.5. The largest absolute Gasteiger partial charge is 0.379 e. The highest BCUT2D eigenvalue weighted by atomic mass is 16.5. The van der Waals surface area contributed by atoms with Gasteiger partial charge in [0.25, 0.3) is 0 Å². The highest BCUT2D eigenvalue weighted by molar-refractivity contribution is 5.83. The molecule has 26 heavy (non-hydrogen) atoms. The molecule has 7 nitrogen and oxygen atoms in total. The number of hydrogen-bond donors (Lipinski definition) is 0. The molecule has 1 aliphatic rings. The maximum Gasteiger partial charge on any atom is 0.244 e. The van der Waals surface area contributed by atoms with Gasteiger partial charge < -0.3 is 9.64 Å². The fraction of sp³-hybridized carbons (Fsp3) is 0.526. The minimum atomic E-state index is -0.335. The topological polar surface area (TPSA) is 63.5 Å². The first-order valence-corrected chi connectivity index (χ1v) is 9.06. The molecule has 1 atom stereocenters. The van der Waals surface area contributed by atoms with Crippen molar-refractivity contribution in [2.75, 3.05) is 33.4 Å². The van der Waals surface area contributed by atoms with Gasteiger partial charge in [0, 0.05) is 56.9 Å².